The van der Waals surface area contributed by atoms with Crippen LogP contribution < -0.4 is 0 Å². The summed E-state index contributed by atoms with van der Waals surface area (Å²) in [5.41, 5.74) is 3.59. The number of hydrogen-bond donors (Lipinski definition) is 0. The van der Waals surface area contributed by atoms with Gasteiger partial charge in [-0.1, -0.05) is 60.7 Å². The zero-order valence-electron chi connectivity index (χ0n) is 8.43. The molecule has 0 saturated heterocycles. The molecule has 0 N–H and O–H groups in total. The summed E-state index contributed by atoms with van der Waals surface area (Å²) in [6.45, 7) is 0. The molecular weight excluding hydrogens is 179 g/mol. The van der Waals surface area contributed by atoms with Gasteiger partial charge in [0.05, 0.1) is 0 Å². The SMILES string of the molecule is [B]/C=C/c1ccc(-c2ccccc2)cc1. The van der Waals surface area contributed by atoms with Crippen molar-refractivity contribution >= 4 is 13.9 Å². The Morgan fingerprint density at radius 2 is 1.33 bits per heavy atom. The lowest BCUT2D eigenvalue weighted by atomic mass is 10.0. The zero-order valence-corrected chi connectivity index (χ0v) is 8.43. The van der Waals surface area contributed by atoms with Crippen molar-refractivity contribution in [2.24, 2.45) is 0 Å². The summed E-state index contributed by atoms with van der Waals surface area (Å²) in [6, 6.07) is 18.6. The molecule has 0 aliphatic heterocycles. The van der Waals surface area contributed by atoms with Crippen LogP contribution >= 0.6 is 0 Å². The van der Waals surface area contributed by atoms with Gasteiger partial charge in [-0.15, -0.1) is 5.98 Å². The lowest BCUT2D eigenvalue weighted by Gasteiger charge is -2.01. The molecule has 0 aliphatic carbocycles. The Kier molecular flexibility index (Phi) is 3.03. The van der Waals surface area contributed by atoms with E-state index in [-0.39, 0.29) is 0 Å². The van der Waals surface area contributed by atoms with E-state index in [1.165, 1.54) is 11.1 Å². The van der Waals surface area contributed by atoms with E-state index in [9.17, 15) is 0 Å². The predicted octanol–water partition coefficient (Wildman–Crippen LogP) is 3.49. The monoisotopic (exact) mass is 190 g/mol. The summed E-state index contributed by atoms with van der Waals surface area (Å²) in [6.07, 6.45) is 1.88. The molecule has 2 aromatic rings. The third-order valence-electron chi connectivity index (χ3n) is 2.31. The minimum absolute atomic E-state index is 1.12. The fourth-order valence-electron chi connectivity index (χ4n) is 1.53. The smallest absolute Gasteiger partial charge is 0.102 e. The molecule has 70 valence electrons. The van der Waals surface area contributed by atoms with Crippen LogP contribution in [0.2, 0.25) is 0 Å². The van der Waals surface area contributed by atoms with Gasteiger partial charge in [-0.3, -0.25) is 0 Å². The molecule has 15 heavy (non-hydrogen) atoms. The molecule has 2 rings (SSSR count). The van der Waals surface area contributed by atoms with Crippen LogP contribution in [0.25, 0.3) is 17.2 Å². The van der Waals surface area contributed by atoms with Gasteiger partial charge in [-0.2, -0.15) is 0 Å². The van der Waals surface area contributed by atoms with Crippen LogP contribution in [0.15, 0.2) is 60.6 Å². The van der Waals surface area contributed by atoms with Gasteiger partial charge in [-0.25, -0.2) is 0 Å². The van der Waals surface area contributed by atoms with E-state index >= 15 is 0 Å². The highest BCUT2D eigenvalue weighted by molar-refractivity contribution is 6.19. The topological polar surface area (TPSA) is 0 Å². The molecular formula is C14H11B. The molecule has 0 aromatic heterocycles. The molecule has 0 spiro atoms. The minimum Gasteiger partial charge on any atom is -0.131 e. The van der Waals surface area contributed by atoms with E-state index in [2.05, 4.69) is 36.4 Å². The number of rotatable bonds is 2. The second-order valence-corrected chi connectivity index (χ2v) is 3.35. The highest BCUT2D eigenvalue weighted by atomic mass is 14.0. The van der Waals surface area contributed by atoms with Gasteiger partial charge < -0.3 is 0 Å². The summed E-state index contributed by atoms with van der Waals surface area (Å²) in [5, 5.41) is 0. The van der Waals surface area contributed by atoms with E-state index < -0.39 is 0 Å². The van der Waals surface area contributed by atoms with E-state index in [0.29, 0.717) is 0 Å². The van der Waals surface area contributed by atoms with E-state index in [4.69, 9.17) is 7.85 Å². The average Bonchev–Trinajstić information content (AvgIpc) is 2.32. The second-order valence-electron chi connectivity index (χ2n) is 3.35. The van der Waals surface area contributed by atoms with Crippen LogP contribution in [0.1, 0.15) is 5.56 Å². The van der Waals surface area contributed by atoms with Crippen LogP contribution in [-0.4, -0.2) is 7.85 Å². The van der Waals surface area contributed by atoms with Gasteiger partial charge in [0.1, 0.15) is 7.85 Å². The van der Waals surface area contributed by atoms with Gasteiger partial charge in [-0.05, 0) is 16.7 Å². The van der Waals surface area contributed by atoms with Gasteiger partial charge in [0.2, 0.25) is 0 Å². The molecule has 0 amide bonds. The molecule has 1 heteroatoms. The first-order valence-electron chi connectivity index (χ1n) is 4.94. The molecule has 0 unspecified atom stereocenters. The zero-order chi connectivity index (χ0) is 10.5. The molecule has 0 heterocycles. The lowest BCUT2D eigenvalue weighted by molar-refractivity contribution is 1.60. The van der Waals surface area contributed by atoms with Gasteiger partial charge in [0.25, 0.3) is 0 Å². The Labute approximate surface area is 91.7 Å². The third-order valence-corrected chi connectivity index (χ3v) is 2.31. The lowest BCUT2D eigenvalue weighted by Crippen LogP contribution is -1.77. The fraction of sp³-hybridized carbons (Fsp3) is 0. The molecule has 2 aromatic carbocycles. The van der Waals surface area contributed by atoms with Crippen LogP contribution in [-0.2, 0) is 0 Å². The molecule has 0 nitrogen and oxygen atoms in total. The van der Waals surface area contributed by atoms with Gasteiger partial charge >= 0.3 is 0 Å². The van der Waals surface area contributed by atoms with Crippen molar-refractivity contribution < 1.29 is 0 Å². The molecule has 0 bridgehead atoms. The Morgan fingerprint density at radius 1 is 0.733 bits per heavy atom. The Bertz CT molecular complexity index is 441. The van der Waals surface area contributed by atoms with E-state index in [0.717, 1.165) is 5.56 Å². The normalized spacial score (nSPS) is 10.7. The summed E-state index contributed by atoms with van der Waals surface area (Å²) in [4.78, 5) is 0. The summed E-state index contributed by atoms with van der Waals surface area (Å²) in [7, 11) is 5.33. The van der Waals surface area contributed by atoms with Crippen molar-refractivity contribution in [2.75, 3.05) is 0 Å². The van der Waals surface area contributed by atoms with Crippen molar-refractivity contribution in [1.82, 2.24) is 0 Å². The molecule has 0 aliphatic rings. The van der Waals surface area contributed by atoms with Crippen molar-refractivity contribution in [3.05, 3.63) is 66.1 Å². The highest BCUT2D eigenvalue weighted by Gasteiger charge is 1.94. The van der Waals surface area contributed by atoms with Gasteiger partial charge in [0.15, 0.2) is 0 Å². The van der Waals surface area contributed by atoms with Gasteiger partial charge in [0, 0.05) is 0 Å². The first kappa shape index (κ1) is 9.79. The minimum atomic E-state index is 1.12. The Balaban J connectivity index is 2.32. The van der Waals surface area contributed by atoms with E-state index in [1.54, 1.807) is 5.98 Å². The summed E-state index contributed by atoms with van der Waals surface area (Å²) >= 11 is 0. The van der Waals surface area contributed by atoms with Crippen molar-refractivity contribution in [3.63, 3.8) is 0 Å². The predicted molar refractivity (Wildman–Crippen MR) is 66.7 cm³/mol. The van der Waals surface area contributed by atoms with Crippen LogP contribution in [0.5, 0.6) is 0 Å². The first-order chi connectivity index (χ1) is 7.40. The summed E-state index contributed by atoms with van der Waals surface area (Å²) in [5.74, 6) is 1.55. The highest BCUT2D eigenvalue weighted by Crippen LogP contribution is 2.19. The third kappa shape index (κ3) is 2.38. The Morgan fingerprint density at radius 3 is 1.93 bits per heavy atom. The Hall–Kier alpha value is -1.76. The maximum absolute atomic E-state index is 5.33. The second kappa shape index (κ2) is 4.65. The molecule has 0 atom stereocenters. The quantitative estimate of drug-likeness (QED) is 0.635. The van der Waals surface area contributed by atoms with Crippen molar-refractivity contribution in [3.8, 4) is 11.1 Å². The van der Waals surface area contributed by atoms with Crippen molar-refractivity contribution in [2.45, 2.75) is 0 Å². The first-order valence-corrected chi connectivity index (χ1v) is 4.94. The fourth-order valence-corrected chi connectivity index (χ4v) is 1.53. The van der Waals surface area contributed by atoms with Crippen LogP contribution in [0.3, 0.4) is 0 Å². The standard InChI is InChI=1S/C14H11B/c15-11-10-12-6-8-14(9-7-12)13-4-2-1-3-5-13/h1-11H/b11-10+. The largest absolute Gasteiger partial charge is 0.131 e. The maximum atomic E-state index is 5.33. The average molecular weight is 190 g/mol. The number of benzene rings is 2. The summed E-state index contributed by atoms with van der Waals surface area (Å²) < 4.78 is 0. The van der Waals surface area contributed by atoms with Crippen molar-refractivity contribution in [1.29, 1.82) is 0 Å². The molecule has 0 saturated carbocycles. The van der Waals surface area contributed by atoms with E-state index in [1.807, 2.05) is 24.3 Å². The molecule has 0 fully saturated rings. The maximum Gasteiger partial charge on any atom is 0.102 e. The van der Waals surface area contributed by atoms with Crippen LogP contribution in [0, 0.1) is 0 Å². The molecule has 2 radical (unpaired) electrons. The number of hydrogen-bond acceptors (Lipinski definition) is 0. The van der Waals surface area contributed by atoms with Crippen LogP contribution in [0.4, 0.5) is 0 Å².